The number of hydrogen-bond acceptors (Lipinski definition) is 5. The molecule has 0 fully saturated rings. The Morgan fingerprint density at radius 3 is 2.62 bits per heavy atom. The Labute approximate surface area is 128 Å². The molecule has 0 spiro atoms. The smallest absolute Gasteiger partial charge is 0.228 e. The molecule has 1 N–H and O–H groups in total. The Kier molecular flexibility index (Phi) is 5.76. The van der Waals surface area contributed by atoms with Gasteiger partial charge in [0.2, 0.25) is 5.89 Å². The predicted octanol–water partition coefficient (Wildman–Crippen LogP) is 3.29. The molecule has 1 unspecified atom stereocenters. The van der Waals surface area contributed by atoms with Crippen molar-refractivity contribution in [3.63, 3.8) is 0 Å². The Bertz CT molecular complexity index is 556. The highest BCUT2D eigenvalue weighted by Crippen LogP contribution is 2.21. The maximum atomic E-state index is 12.8. The minimum absolute atomic E-state index is 0.229. The molecule has 1 atom stereocenters. The summed E-state index contributed by atoms with van der Waals surface area (Å²) in [6.45, 7) is 4.31. The van der Waals surface area contributed by atoms with Crippen molar-refractivity contribution >= 4 is 11.8 Å². The lowest BCUT2D eigenvalue weighted by molar-refractivity contribution is 0.333. The summed E-state index contributed by atoms with van der Waals surface area (Å²) in [5.74, 6) is 2.20. The van der Waals surface area contributed by atoms with Gasteiger partial charge in [0.05, 0.1) is 5.75 Å². The third-order valence-corrected chi connectivity index (χ3v) is 4.27. The van der Waals surface area contributed by atoms with Crippen LogP contribution in [0.4, 0.5) is 4.39 Å². The molecule has 2 aromatic rings. The number of likely N-dealkylation sites (N-methyl/N-ethyl adjacent to an activating group) is 1. The largest absolute Gasteiger partial charge is 0.339 e. The van der Waals surface area contributed by atoms with E-state index >= 15 is 0 Å². The number of halogens is 1. The number of nitrogens with one attached hydrogen (secondary N) is 1. The van der Waals surface area contributed by atoms with E-state index in [2.05, 4.69) is 29.3 Å². The van der Waals surface area contributed by atoms with E-state index in [1.54, 1.807) is 23.9 Å². The first-order valence-electron chi connectivity index (χ1n) is 6.95. The van der Waals surface area contributed by atoms with Crippen LogP contribution in [0.1, 0.15) is 25.6 Å². The second-order valence-electron chi connectivity index (χ2n) is 5.19. The Morgan fingerprint density at radius 2 is 2.00 bits per heavy atom. The Morgan fingerprint density at radius 1 is 1.29 bits per heavy atom. The minimum atomic E-state index is -0.229. The van der Waals surface area contributed by atoms with E-state index in [4.69, 9.17) is 4.52 Å². The van der Waals surface area contributed by atoms with Crippen LogP contribution in [0.3, 0.4) is 0 Å². The van der Waals surface area contributed by atoms with Gasteiger partial charge >= 0.3 is 0 Å². The standard InChI is InChI=1S/C15H20FN3OS/c1-10(2)13(17-3)8-15-18-14(19-20-15)9-21-12-6-4-11(16)5-7-12/h4-7,10,13,17H,8-9H2,1-3H3. The van der Waals surface area contributed by atoms with Gasteiger partial charge < -0.3 is 9.84 Å². The van der Waals surface area contributed by atoms with Gasteiger partial charge in [-0.15, -0.1) is 11.8 Å². The molecule has 0 radical (unpaired) electrons. The van der Waals surface area contributed by atoms with Crippen molar-refractivity contribution in [2.45, 2.75) is 37.0 Å². The van der Waals surface area contributed by atoms with Crippen LogP contribution in [0.2, 0.25) is 0 Å². The molecule has 0 amide bonds. The molecule has 6 heteroatoms. The van der Waals surface area contributed by atoms with Crippen LogP contribution >= 0.6 is 11.8 Å². The van der Waals surface area contributed by atoms with Crippen LogP contribution in [-0.2, 0) is 12.2 Å². The fraction of sp³-hybridized carbons (Fsp3) is 0.467. The highest BCUT2D eigenvalue weighted by molar-refractivity contribution is 7.98. The molecule has 114 valence electrons. The zero-order valence-electron chi connectivity index (χ0n) is 12.5. The molecule has 0 bridgehead atoms. The first-order valence-corrected chi connectivity index (χ1v) is 7.94. The quantitative estimate of drug-likeness (QED) is 0.795. The number of hydrogen-bond donors (Lipinski definition) is 1. The molecular formula is C15H20FN3OS. The third kappa shape index (κ3) is 4.82. The third-order valence-electron chi connectivity index (χ3n) is 3.26. The van der Waals surface area contributed by atoms with E-state index in [1.807, 2.05) is 7.05 Å². The molecule has 0 aliphatic rings. The first-order chi connectivity index (χ1) is 10.1. The van der Waals surface area contributed by atoms with Crippen LogP contribution in [0.15, 0.2) is 33.7 Å². The second kappa shape index (κ2) is 7.56. The van der Waals surface area contributed by atoms with Gasteiger partial charge in [-0.25, -0.2) is 4.39 Å². The molecule has 21 heavy (non-hydrogen) atoms. The molecular weight excluding hydrogens is 289 g/mol. The maximum Gasteiger partial charge on any atom is 0.228 e. The zero-order chi connectivity index (χ0) is 15.2. The van der Waals surface area contributed by atoms with Crippen LogP contribution in [0.5, 0.6) is 0 Å². The van der Waals surface area contributed by atoms with Crippen LogP contribution in [-0.4, -0.2) is 23.2 Å². The summed E-state index contributed by atoms with van der Waals surface area (Å²) >= 11 is 1.56. The minimum Gasteiger partial charge on any atom is -0.339 e. The Hall–Kier alpha value is -1.40. The van der Waals surface area contributed by atoms with E-state index in [-0.39, 0.29) is 5.82 Å². The first kappa shape index (κ1) is 16.0. The molecule has 0 aliphatic heterocycles. The summed E-state index contributed by atoms with van der Waals surface area (Å²) in [5.41, 5.74) is 0. The van der Waals surface area contributed by atoms with Gasteiger partial charge in [-0.3, -0.25) is 0 Å². The lowest BCUT2D eigenvalue weighted by Crippen LogP contribution is -2.32. The SMILES string of the molecule is CNC(Cc1nc(CSc2ccc(F)cc2)no1)C(C)C. The van der Waals surface area contributed by atoms with Crippen molar-refractivity contribution in [3.05, 3.63) is 41.8 Å². The van der Waals surface area contributed by atoms with Gasteiger partial charge in [-0.05, 0) is 37.2 Å². The lowest BCUT2D eigenvalue weighted by Gasteiger charge is -2.17. The summed E-state index contributed by atoms with van der Waals surface area (Å²) in [4.78, 5) is 5.38. The summed E-state index contributed by atoms with van der Waals surface area (Å²) in [6, 6.07) is 6.71. The molecule has 4 nitrogen and oxygen atoms in total. The van der Waals surface area contributed by atoms with Gasteiger partial charge in [-0.1, -0.05) is 19.0 Å². The van der Waals surface area contributed by atoms with Crippen molar-refractivity contribution in [2.75, 3.05) is 7.05 Å². The average molecular weight is 309 g/mol. The highest BCUT2D eigenvalue weighted by atomic mass is 32.2. The topological polar surface area (TPSA) is 51.0 Å². The van der Waals surface area contributed by atoms with E-state index in [9.17, 15) is 4.39 Å². The van der Waals surface area contributed by atoms with Crippen molar-refractivity contribution in [1.29, 1.82) is 0 Å². The molecule has 0 saturated heterocycles. The van der Waals surface area contributed by atoms with E-state index in [1.165, 1.54) is 12.1 Å². The van der Waals surface area contributed by atoms with Gasteiger partial charge in [0.25, 0.3) is 0 Å². The van der Waals surface area contributed by atoms with Gasteiger partial charge in [0.15, 0.2) is 5.82 Å². The van der Waals surface area contributed by atoms with Gasteiger partial charge in [-0.2, -0.15) is 4.98 Å². The van der Waals surface area contributed by atoms with Crippen molar-refractivity contribution in [2.24, 2.45) is 5.92 Å². The summed E-state index contributed by atoms with van der Waals surface area (Å²) in [5, 5.41) is 7.24. The summed E-state index contributed by atoms with van der Waals surface area (Å²) < 4.78 is 18.1. The van der Waals surface area contributed by atoms with Crippen molar-refractivity contribution in [3.8, 4) is 0 Å². The molecule has 2 rings (SSSR count). The molecule has 0 saturated carbocycles. The van der Waals surface area contributed by atoms with E-state index < -0.39 is 0 Å². The van der Waals surface area contributed by atoms with E-state index in [0.29, 0.717) is 29.4 Å². The molecule has 1 heterocycles. The monoisotopic (exact) mass is 309 g/mol. The van der Waals surface area contributed by atoms with Crippen LogP contribution in [0, 0.1) is 11.7 Å². The predicted molar refractivity (Wildman–Crippen MR) is 81.6 cm³/mol. The molecule has 1 aromatic heterocycles. The average Bonchev–Trinajstić information content (AvgIpc) is 2.91. The summed E-state index contributed by atoms with van der Waals surface area (Å²) in [7, 11) is 1.94. The number of thioether (sulfide) groups is 1. The van der Waals surface area contributed by atoms with E-state index in [0.717, 1.165) is 11.3 Å². The number of nitrogens with zero attached hydrogens (tertiary/aromatic N) is 2. The van der Waals surface area contributed by atoms with Crippen molar-refractivity contribution < 1.29 is 8.91 Å². The number of rotatable bonds is 7. The normalized spacial score (nSPS) is 12.8. The fourth-order valence-corrected chi connectivity index (χ4v) is 2.71. The number of aromatic nitrogens is 2. The Balaban J connectivity index is 1.89. The summed E-state index contributed by atoms with van der Waals surface area (Å²) in [6.07, 6.45) is 0.725. The fourth-order valence-electron chi connectivity index (χ4n) is 1.97. The van der Waals surface area contributed by atoms with Gasteiger partial charge in [0, 0.05) is 17.4 Å². The number of benzene rings is 1. The molecule has 1 aromatic carbocycles. The van der Waals surface area contributed by atoms with Crippen LogP contribution in [0.25, 0.3) is 0 Å². The highest BCUT2D eigenvalue weighted by Gasteiger charge is 2.16. The lowest BCUT2D eigenvalue weighted by atomic mass is 10.0. The molecule has 0 aliphatic carbocycles. The van der Waals surface area contributed by atoms with Crippen LogP contribution < -0.4 is 5.32 Å². The van der Waals surface area contributed by atoms with Crippen molar-refractivity contribution in [1.82, 2.24) is 15.5 Å². The van der Waals surface area contributed by atoms with Gasteiger partial charge in [0.1, 0.15) is 5.82 Å². The zero-order valence-corrected chi connectivity index (χ0v) is 13.3. The second-order valence-corrected chi connectivity index (χ2v) is 6.24. The maximum absolute atomic E-state index is 12.8.